The van der Waals surface area contributed by atoms with Gasteiger partial charge in [0.05, 0.1) is 28.8 Å². The number of amides is 3. The van der Waals surface area contributed by atoms with Crippen molar-refractivity contribution in [3.05, 3.63) is 115 Å². The van der Waals surface area contributed by atoms with E-state index in [1.807, 2.05) is 44.2 Å². The molecule has 2 aromatic heterocycles. The van der Waals surface area contributed by atoms with Crippen LogP contribution in [0, 0.1) is 0 Å². The Bertz CT molecular complexity index is 1710. The molecule has 0 radical (unpaired) electrons. The lowest BCUT2D eigenvalue weighted by atomic mass is 10.00. The number of hydrogen-bond donors (Lipinski definition) is 3. The van der Waals surface area contributed by atoms with Gasteiger partial charge in [0.25, 0.3) is 0 Å². The number of hydrogen-bond acceptors (Lipinski definition) is 7. The highest BCUT2D eigenvalue weighted by Gasteiger charge is 2.47. The van der Waals surface area contributed by atoms with Crippen molar-refractivity contribution in [2.24, 2.45) is 5.73 Å². The van der Waals surface area contributed by atoms with E-state index in [-0.39, 0.29) is 6.03 Å². The molecule has 1 atom stereocenters. The molecule has 0 saturated carbocycles. The number of halogens is 1. The lowest BCUT2D eigenvalue weighted by Gasteiger charge is -2.30. The maximum Gasteiger partial charge on any atom is 0.329 e. The fourth-order valence-corrected chi connectivity index (χ4v) is 5.85. The van der Waals surface area contributed by atoms with Crippen LogP contribution in [0.15, 0.2) is 109 Å². The molecule has 45 heavy (non-hydrogen) atoms. The van der Waals surface area contributed by atoms with Gasteiger partial charge in [-0.25, -0.2) is 14.2 Å². The molecule has 1 aliphatic heterocycles. The number of benzene rings is 2. The molecule has 4 aromatic rings. The van der Waals surface area contributed by atoms with Crippen LogP contribution in [0.2, 0.25) is 0 Å². The second kappa shape index (κ2) is 12.7. The van der Waals surface area contributed by atoms with Gasteiger partial charge in [-0.05, 0) is 81.3 Å². The maximum absolute atomic E-state index is 14.8. The van der Waals surface area contributed by atoms with Gasteiger partial charge in [-0.3, -0.25) is 14.7 Å². The molecule has 2 aromatic carbocycles. The fourth-order valence-electron chi connectivity index (χ4n) is 4.97. The zero-order valence-electron chi connectivity index (χ0n) is 25.6. The Hall–Kier alpha value is -4.74. The lowest BCUT2D eigenvalue weighted by Crippen LogP contribution is -2.40. The summed E-state index contributed by atoms with van der Waals surface area (Å²) in [6, 6.07) is 20.3. The van der Waals surface area contributed by atoms with Crippen LogP contribution >= 0.6 is 11.8 Å². The molecule has 0 bridgehead atoms. The molecule has 9 nitrogen and oxygen atoms in total. The van der Waals surface area contributed by atoms with Gasteiger partial charge >= 0.3 is 6.03 Å². The molecule has 0 unspecified atom stereocenters. The summed E-state index contributed by atoms with van der Waals surface area (Å²) in [5.74, 6) is 0.164. The van der Waals surface area contributed by atoms with E-state index in [1.54, 1.807) is 66.0 Å². The van der Waals surface area contributed by atoms with E-state index in [0.717, 1.165) is 23.0 Å². The summed E-state index contributed by atoms with van der Waals surface area (Å²) in [6.07, 6.45) is 5.08. The lowest BCUT2D eigenvalue weighted by molar-refractivity contribution is -0.117. The Morgan fingerprint density at radius 1 is 1.09 bits per heavy atom. The molecule has 0 aliphatic carbocycles. The summed E-state index contributed by atoms with van der Waals surface area (Å²) in [4.78, 5) is 39.5. The molecule has 232 valence electrons. The van der Waals surface area contributed by atoms with Gasteiger partial charge in [0.15, 0.2) is 5.00 Å². The van der Waals surface area contributed by atoms with Gasteiger partial charge in [0.2, 0.25) is 5.91 Å². The predicted molar refractivity (Wildman–Crippen MR) is 178 cm³/mol. The molecule has 3 heterocycles. The molecule has 11 heteroatoms. The highest BCUT2D eigenvalue weighted by atomic mass is 32.2. The molecule has 1 saturated heterocycles. The summed E-state index contributed by atoms with van der Waals surface area (Å²) in [5.41, 5.74) is 9.20. The van der Waals surface area contributed by atoms with E-state index < -0.39 is 22.5 Å². The van der Waals surface area contributed by atoms with Gasteiger partial charge in [-0.1, -0.05) is 48.7 Å². The first-order valence-electron chi connectivity index (χ1n) is 14.4. The zero-order valence-corrected chi connectivity index (χ0v) is 26.4. The molecule has 3 amide bonds. The van der Waals surface area contributed by atoms with Crippen molar-refractivity contribution in [3.63, 3.8) is 0 Å². The third-order valence-electron chi connectivity index (χ3n) is 7.45. The molecular weight excluding hydrogens is 589 g/mol. The number of anilines is 4. The average molecular weight is 626 g/mol. The van der Waals surface area contributed by atoms with E-state index in [1.165, 1.54) is 18.7 Å². The Balaban J connectivity index is 1.42. The van der Waals surface area contributed by atoms with Gasteiger partial charge in [0, 0.05) is 29.5 Å². The summed E-state index contributed by atoms with van der Waals surface area (Å²) in [6.45, 7) is 11.3. The van der Waals surface area contributed by atoms with E-state index in [2.05, 4.69) is 27.2 Å². The van der Waals surface area contributed by atoms with Crippen LogP contribution < -0.4 is 21.3 Å². The average Bonchev–Trinajstić information content (AvgIpc) is 3.17. The molecule has 0 spiro atoms. The van der Waals surface area contributed by atoms with E-state index in [9.17, 15) is 14.0 Å². The predicted octanol–water partition coefficient (Wildman–Crippen LogP) is 7.39. The largest absolute Gasteiger partial charge is 0.339 e. The quantitative estimate of drug-likeness (QED) is 0.157. The number of alkyl halides is 1. The number of nitrogens with one attached hydrogen (secondary N) is 2. The first kappa shape index (κ1) is 31.7. The van der Waals surface area contributed by atoms with E-state index in [0.29, 0.717) is 39.9 Å². The second-order valence-corrected chi connectivity index (χ2v) is 13.3. The van der Waals surface area contributed by atoms with Gasteiger partial charge in [-0.2, -0.15) is 0 Å². The first-order valence-corrected chi connectivity index (χ1v) is 15.2. The number of nitrogens with two attached hydrogens (primary N) is 1. The number of carbonyl (C=O) groups excluding carboxylic acids is 2. The van der Waals surface area contributed by atoms with Gasteiger partial charge in [-0.15, -0.1) is 0 Å². The molecule has 1 aliphatic rings. The van der Waals surface area contributed by atoms with Crippen molar-refractivity contribution in [3.8, 4) is 0 Å². The molecule has 5 rings (SSSR count). The fraction of sp³-hybridized carbons (Fsp3) is 0.235. The van der Waals surface area contributed by atoms with Gasteiger partial charge < -0.3 is 21.3 Å². The summed E-state index contributed by atoms with van der Waals surface area (Å²) < 4.78 is 14.8. The minimum absolute atomic E-state index is 0.284. The molecule has 4 N–H and O–H groups in total. The minimum Gasteiger partial charge on any atom is -0.339 e. The summed E-state index contributed by atoms with van der Waals surface area (Å²) in [5, 5.41) is 4.48. The Labute approximate surface area is 266 Å². The van der Waals surface area contributed by atoms with Crippen molar-refractivity contribution in [2.75, 3.05) is 15.5 Å². The first-order chi connectivity index (χ1) is 21.3. The van der Waals surface area contributed by atoms with Crippen LogP contribution in [0.25, 0.3) is 0 Å². The smallest absolute Gasteiger partial charge is 0.329 e. The van der Waals surface area contributed by atoms with E-state index in [4.69, 9.17) is 5.73 Å². The normalized spacial score (nSPS) is 15.2. The van der Waals surface area contributed by atoms with Crippen LogP contribution in [-0.2, 0) is 11.3 Å². The van der Waals surface area contributed by atoms with Crippen molar-refractivity contribution in [1.82, 2.24) is 14.9 Å². The van der Waals surface area contributed by atoms with E-state index >= 15 is 0 Å². The van der Waals surface area contributed by atoms with Crippen molar-refractivity contribution in [2.45, 2.75) is 55.7 Å². The summed E-state index contributed by atoms with van der Waals surface area (Å²) >= 11 is 0.959. The Morgan fingerprint density at radius 3 is 2.53 bits per heavy atom. The number of carbonyl (C=O) groups is 2. The third-order valence-corrected chi connectivity index (χ3v) is 8.51. The highest BCUT2D eigenvalue weighted by molar-refractivity contribution is 8.00. The summed E-state index contributed by atoms with van der Waals surface area (Å²) in [7, 11) is 0. The van der Waals surface area contributed by atoms with Crippen molar-refractivity contribution in [1.29, 1.82) is 0 Å². The van der Waals surface area contributed by atoms with Crippen LogP contribution in [-0.4, -0.2) is 37.3 Å². The number of urea groups is 1. The number of aromatic nitrogens is 2. The SMILES string of the molecule is C=C1N(c2ccc(SC(C)(C)F)c(NC(=O)[C@H](N)c3ccccc3)c2)C(=O)N(Cc2ccnc(Nc3cccnc3)c2)C1(C)C. The van der Waals surface area contributed by atoms with Crippen LogP contribution in [0.4, 0.5) is 32.1 Å². The standard InChI is InChI=1S/C34H36FN7O2S/c1-22-33(2,3)41(21-23-15-17-38-29(18-23)39-25-12-9-16-37-20-25)32(44)42(22)26-13-14-28(45-34(4,5)35)27(19-26)40-31(43)30(36)24-10-7-6-8-11-24/h6-20,30H,1,21,36H2,2-5H3,(H,38,39)(H,40,43)/t30-/m1/s1. The van der Waals surface area contributed by atoms with Crippen molar-refractivity contribution >= 4 is 46.6 Å². The topological polar surface area (TPSA) is 116 Å². The van der Waals surface area contributed by atoms with Gasteiger partial charge in [0.1, 0.15) is 11.9 Å². The Morgan fingerprint density at radius 2 is 1.84 bits per heavy atom. The van der Waals surface area contributed by atoms with Crippen LogP contribution in [0.1, 0.15) is 44.9 Å². The zero-order chi connectivity index (χ0) is 32.4. The van der Waals surface area contributed by atoms with Crippen LogP contribution in [0.3, 0.4) is 0 Å². The highest BCUT2D eigenvalue weighted by Crippen LogP contribution is 2.44. The third kappa shape index (κ3) is 7.16. The van der Waals surface area contributed by atoms with Crippen molar-refractivity contribution < 1.29 is 14.0 Å². The molecule has 1 fully saturated rings. The monoisotopic (exact) mass is 625 g/mol. The minimum atomic E-state index is -1.62. The Kier molecular flexibility index (Phi) is 8.94. The second-order valence-electron chi connectivity index (χ2n) is 11.6. The number of nitrogens with zero attached hydrogens (tertiary/aromatic N) is 4. The van der Waals surface area contributed by atoms with Crippen LogP contribution in [0.5, 0.6) is 0 Å². The number of rotatable bonds is 10. The molecular formula is C34H36FN7O2S. The maximum atomic E-state index is 14.8. The number of thioether (sulfide) groups is 1. The number of pyridine rings is 2.